The highest BCUT2D eigenvalue weighted by molar-refractivity contribution is 6.07. The highest BCUT2D eigenvalue weighted by atomic mass is 16.5. The molecular formula is C25H31N3O5. The molecule has 0 aromatic heterocycles. The molecule has 1 atom stereocenters. The number of likely N-dealkylation sites (N-methyl/N-ethyl adjacent to an activating group) is 1. The number of rotatable bonds is 7. The summed E-state index contributed by atoms with van der Waals surface area (Å²) in [7, 11) is 4.68. The molecule has 2 N–H and O–H groups in total. The Balaban J connectivity index is 1.51. The molecule has 2 aromatic rings. The maximum Gasteiger partial charge on any atom is 0.324 e. The fourth-order valence-corrected chi connectivity index (χ4v) is 5.05. The standard InChI is InChI=1S/C25H31N3O5/c1-27-23(30)25(26-24(27)31,15-17-6-4-8-20(14-17)32-2)19-10-12-28(13-11-19)16-18-7-5-9-21(33-3)22(18)29/h4-9,14,19,29H,10-13,15-16H2,1-3H3,(H,26,31)/t25-/m0/s1. The molecule has 0 bridgehead atoms. The summed E-state index contributed by atoms with van der Waals surface area (Å²) >= 11 is 0. The quantitative estimate of drug-likeness (QED) is 0.627. The lowest BCUT2D eigenvalue weighted by molar-refractivity contribution is -0.133. The van der Waals surface area contributed by atoms with E-state index < -0.39 is 5.54 Å². The Kier molecular flexibility index (Phi) is 6.47. The monoisotopic (exact) mass is 453 g/mol. The van der Waals surface area contributed by atoms with Crippen LogP contribution in [0.15, 0.2) is 42.5 Å². The maximum absolute atomic E-state index is 13.3. The third-order valence-electron chi connectivity index (χ3n) is 6.92. The number of hydrogen-bond acceptors (Lipinski definition) is 6. The highest BCUT2D eigenvalue weighted by Crippen LogP contribution is 2.37. The second-order valence-corrected chi connectivity index (χ2v) is 8.81. The van der Waals surface area contributed by atoms with Crippen molar-refractivity contribution >= 4 is 11.9 Å². The van der Waals surface area contributed by atoms with Crippen LogP contribution in [0.1, 0.15) is 24.0 Å². The molecule has 2 saturated heterocycles. The molecule has 0 radical (unpaired) electrons. The van der Waals surface area contributed by atoms with Gasteiger partial charge in [-0.2, -0.15) is 0 Å². The van der Waals surface area contributed by atoms with Crippen molar-refractivity contribution in [3.63, 3.8) is 0 Å². The summed E-state index contributed by atoms with van der Waals surface area (Å²) in [5.41, 5.74) is 0.786. The zero-order valence-corrected chi connectivity index (χ0v) is 19.3. The molecule has 0 unspecified atom stereocenters. The number of urea groups is 1. The topological polar surface area (TPSA) is 91.3 Å². The average molecular weight is 454 g/mol. The second-order valence-electron chi connectivity index (χ2n) is 8.81. The number of aromatic hydroxyl groups is 1. The van der Waals surface area contributed by atoms with E-state index in [0.29, 0.717) is 18.7 Å². The van der Waals surface area contributed by atoms with E-state index in [9.17, 15) is 14.7 Å². The molecule has 0 aliphatic carbocycles. The molecular weight excluding hydrogens is 422 g/mol. The lowest BCUT2D eigenvalue weighted by Crippen LogP contribution is -2.57. The summed E-state index contributed by atoms with van der Waals surface area (Å²) in [5, 5.41) is 13.5. The Morgan fingerprint density at radius 3 is 2.45 bits per heavy atom. The van der Waals surface area contributed by atoms with Crippen LogP contribution >= 0.6 is 0 Å². The molecule has 33 heavy (non-hydrogen) atoms. The van der Waals surface area contributed by atoms with E-state index in [0.717, 1.165) is 42.8 Å². The third kappa shape index (κ3) is 4.35. The van der Waals surface area contributed by atoms with Gasteiger partial charge >= 0.3 is 6.03 Å². The van der Waals surface area contributed by atoms with Gasteiger partial charge in [0.1, 0.15) is 11.3 Å². The molecule has 4 rings (SSSR count). The van der Waals surface area contributed by atoms with Crippen molar-refractivity contribution in [2.45, 2.75) is 31.3 Å². The summed E-state index contributed by atoms with van der Waals surface area (Å²) in [5.74, 6) is 1.17. The van der Waals surface area contributed by atoms with Crippen molar-refractivity contribution in [2.75, 3.05) is 34.4 Å². The van der Waals surface area contributed by atoms with Crippen molar-refractivity contribution in [3.8, 4) is 17.2 Å². The molecule has 2 heterocycles. The number of carbonyl (C=O) groups is 2. The van der Waals surface area contributed by atoms with E-state index in [1.807, 2.05) is 36.4 Å². The maximum atomic E-state index is 13.3. The minimum absolute atomic E-state index is 0.000238. The van der Waals surface area contributed by atoms with Crippen molar-refractivity contribution < 1.29 is 24.2 Å². The summed E-state index contributed by atoms with van der Waals surface area (Å²) < 4.78 is 10.6. The smallest absolute Gasteiger partial charge is 0.324 e. The Labute approximate surface area is 194 Å². The Morgan fingerprint density at radius 1 is 1.09 bits per heavy atom. The minimum Gasteiger partial charge on any atom is -0.504 e. The molecule has 0 saturated carbocycles. The first-order chi connectivity index (χ1) is 15.9. The number of hydrogen-bond donors (Lipinski definition) is 2. The zero-order valence-electron chi connectivity index (χ0n) is 19.3. The SMILES string of the molecule is COc1cccc(C[C@@]2(C3CCN(Cc4cccc(OC)c4O)CC3)NC(=O)N(C)C2=O)c1. The summed E-state index contributed by atoms with van der Waals surface area (Å²) in [4.78, 5) is 29.3. The van der Waals surface area contributed by atoms with Gasteiger partial charge in [-0.3, -0.25) is 14.6 Å². The predicted molar refractivity (Wildman–Crippen MR) is 123 cm³/mol. The first-order valence-electron chi connectivity index (χ1n) is 11.2. The molecule has 3 amide bonds. The Morgan fingerprint density at radius 2 is 1.82 bits per heavy atom. The fourth-order valence-electron chi connectivity index (χ4n) is 5.05. The van der Waals surface area contributed by atoms with Gasteiger partial charge in [-0.25, -0.2) is 4.79 Å². The average Bonchev–Trinajstić information content (AvgIpc) is 3.05. The predicted octanol–water partition coefficient (Wildman–Crippen LogP) is 2.78. The van der Waals surface area contributed by atoms with Crippen LogP contribution in [0.5, 0.6) is 17.2 Å². The number of ether oxygens (including phenoxy) is 2. The van der Waals surface area contributed by atoms with E-state index in [4.69, 9.17) is 9.47 Å². The first-order valence-corrected chi connectivity index (χ1v) is 11.2. The van der Waals surface area contributed by atoms with Gasteiger partial charge in [-0.1, -0.05) is 24.3 Å². The normalized spacial score (nSPS) is 21.8. The van der Waals surface area contributed by atoms with Crippen LogP contribution in [-0.4, -0.2) is 66.7 Å². The number of nitrogens with one attached hydrogen (secondary N) is 1. The number of methoxy groups -OCH3 is 2. The molecule has 8 heteroatoms. The number of piperidine rings is 1. The van der Waals surface area contributed by atoms with Crippen LogP contribution in [0.4, 0.5) is 4.79 Å². The molecule has 2 fully saturated rings. The lowest BCUT2D eigenvalue weighted by atomic mass is 9.74. The summed E-state index contributed by atoms with van der Waals surface area (Å²) in [6.07, 6.45) is 1.93. The molecule has 2 aliphatic rings. The number of phenolic OH excluding ortho intramolecular Hbond substituents is 1. The minimum atomic E-state index is -0.970. The van der Waals surface area contributed by atoms with Crippen LogP contribution in [0.3, 0.4) is 0 Å². The number of benzene rings is 2. The molecule has 0 spiro atoms. The second kappa shape index (κ2) is 9.31. The van der Waals surface area contributed by atoms with Gasteiger partial charge in [-0.15, -0.1) is 0 Å². The van der Waals surface area contributed by atoms with Crippen molar-refractivity contribution in [1.82, 2.24) is 15.1 Å². The number of amides is 3. The highest BCUT2D eigenvalue weighted by Gasteiger charge is 2.54. The molecule has 176 valence electrons. The van der Waals surface area contributed by atoms with Crippen molar-refractivity contribution in [1.29, 1.82) is 0 Å². The van der Waals surface area contributed by atoms with E-state index in [1.165, 1.54) is 19.1 Å². The summed E-state index contributed by atoms with van der Waals surface area (Å²) in [6, 6.07) is 12.8. The Hall–Kier alpha value is -3.26. The van der Waals surface area contributed by atoms with E-state index in [2.05, 4.69) is 10.2 Å². The largest absolute Gasteiger partial charge is 0.504 e. The molecule has 2 aliphatic heterocycles. The fraction of sp³-hybridized carbons (Fsp3) is 0.440. The zero-order chi connectivity index (χ0) is 23.6. The van der Waals surface area contributed by atoms with E-state index in [-0.39, 0.29) is 23.6 Å². The number of para-hydroxylation sites is 1. The Bertz CT molecular complexity index is 1030. The van der Waals surface area contributed by atoms with Gasteiger partial charge in [-0.05, 0) is 55.6 Å². The number of likely N-dealkylation sites (tertiary alicyclic amines) is 1. The lowest BCUT2D eigenvalue weighted by Gasteiger charge is -2.41. The van der Waals surface area contributed by atoms with Gasteiger partial charge in [0.2, 0.25) is 0 Å². The van der Waals surface area contributed by atoms with Crippen LogP contribution < -0.4 is 14.8 Å². The number of imide groups is 1. The van der Waals surface area contributed by atoms with Gasteiger partial charge in [0.25, 0.3) is 5.91 Å². The third-order valence-corrected chi connectivity index (χ3v) is 6.92. The van der Waals surface area contributed by atoms with Crippen LogP contribution in [0.25, 0.3) is 0 Å². The van der Waals surface area contributed by atoms with Crippen molar-refractivity contribution in [3.05, 3.63) is 53.6 Å². The molecule has 2 aromatic carbocycles. The van der Waals surface area contributed by atoms with Gasteiger partial charge < -0.3 is 19.9 Å². The molecule has 8 nitrogen and oxygen atoms in total. The first kappa shape index (κ1) is 22.9. The van der Waals surface area contributed by atoms with Crippen LogP contribution in [0.2, 0.25) is 0 Å². The van der Waals surface area contributed by atoms with Crippen LogP contribution in [-0.2, 0) is 17.8 Å². The van der Waals surface area contributed by atoms with Crippen LogP contribution in [0, 0.1) is 5.92 Å². The van der Waals surface area contributed by atoms with Gasteiger partial charge in [0.15, 0.2) is 11.5 Å². The summed E-state index contributed by atoms with van der Waals surface area (Å²) in [6.45, 7) is 2.11. The van der Waals surface area contributed by atoms with Gasteiger partial charge in [0.05, 0.1) is 14.2 Å². The van der Waals surface area contributed by atoms with E-state index >= 15 is 0 Å². The van der Waals surface area contributed by atoms with E-state index in [1.54, 1.807) is 13.2 Å². The number of phenols is 1. The van der Waals surface area contributed by atoms with Crippen molar-refractivity contribution in [2.24, 2.45) is 5.92 Å². The number of carbonyl (C=O) groups excluding carboxylic acids is 2. The van der Waals surface area contributed by atoms with Gasteiger partial charge in [0, 0.05) is 25.6 Å². The number of nitrogens with zero attached hydrogens (tertiary/aromatic N) is 2.